The summed E-state index contributed by atoms with van der Waals surface area (Å²) in [6, 6.07) is 4.74. The fraction of sp³-hybridized carbons (Fsp3) is 0.583. The van der Waals surface area contributed by atoms with Crippen LogP contribution in [0.3, 0.4) is 0 Å². The monoisotopic (exact) mass is 510 g/mol. The normalized spacial score (nSPS) is 26.2. The Morgan fingerprint density at radius 1 is 1.19 bits per heavy atom. The van der Waals surface area contributed by atoms with Gasteiger partial charge in [0.05, 0.1) is 20.3 Å². The average molecular weight is 511 g/mol. The first-order valence-corrected chi connectivity index (χ1v) is 11.7. The van der Waals surface area contributed by atoms with Crippen LogP contribution < -0.4 is 9.47 Å². The maximum Gasteiger partial charge on any atom is 0.508 e. The number of aromatic nitrogens is 2. The quantitative estimate of drug-likeness (QED) is 0.449. The first kappa shape index (κ1) is 26.1. The highest BCUT2D eigenvalue weighted by atomic mass is 19.1. The van der Waals surface area contributed by atoms with E-state index in [1.54, 1.807) is 12.1 Å². The van der Waals surface area contributed by atoms with Crippen LogP contribution in [0.25, 0.3) is 0 Å². The number of ether oxygens (including phenoxy) is 5. The van der Waals surface area contributed by atoms with E-state index in [2.05, 4.69) is 9.84 Å². The molecule has 0 amide bonds. The topological polar surface area (TPSA) is 142 Å². The van der Waals surface area contributed by atoms with Gasteiger partial charge in [0.1, 0.15) is 42.6 Å². The van der Waals surface area contributed by atoms with E-state index in [-0.39, 0.29) is 18.3 Å². The molecule has 0 radical (unpaired) electrons. The largest absolute Gasteiger partial charge is 0.508 e. The summed E-state index contributed by atoms with van der Waals surface area (Å²) in [5, 5.41) is 35.7. The first-order valence-electron chi connectivity index (χ1n) is 11.7. The minimum Gasteiger partial charge on any atom is -0.497 e. The summed E-state index contributed by atoms with van der Waals surface area (Å²) in [5.41, 5.74) is 1.76. The van der Waals surface area contributed by atoms with Crippen LogP contribution in [0.15, 0.2) is 18.2 Å². The van der Waals surface area contributed by atoms with Crippen molar-refractivity contribution in [2.75, 3.05) is 20.8 Å². The van der Waals surface area contributed by atoms with E-state index in [0.29, 0.717) is 16.9 Å². The molecule has 1 aliphatic carbocycles. The Morgan fingerprint density at radius 3 is 2.56 bits per heavy atom. The number of hydrogen-bond acceptors (Lipinski definition) is 10. The third-order valence-corrected chi connectivity index (χ3v) is 6.71. The molecule has 12 heteroatoms. The molecule has 2 aromatic rings. The third kappa shape index (κ3) is 5.26. The van der Waals surface area contributed by atoms with Gasteiger partial charge in [-0.15, -0.1) is 5.10 Å². The molecule has 1 saturated heterocycles. The van der Waals surface area contributed by atoms with Gasteiger partial charge in [0.25, 0.3) is 0 Å². The summed E-state index contributed by atoms with van der Waals surface area (Å²) < 4.78 is 42.4. The lowest BCUT2D eigenvalue weighted by molar-refractivity contribution is -0.278. The van der Waals surface area contributed by atoms with Gasteiger partial charge in [0, 0.05) is 23.7 Å². The zero-order valence-corrected chi connectivity index (χ0v) is 20.3. The van der Waals surface area contributed by atoms with Crippen LogP contribution in [0, 0.1) is 12.7 Å². The van der Waals surface area contributed by atoms with Crippen molar-refractivity contribution in [2.24, 2.45) is 0 Å². The predicted molar refractivity (Wildman–Crippen MR) is 121 cm³/mol. The molecule has 1 unspecified atom stereocenters. The molecule has 3 N–H and O–H groups in total. The molecule has 2 fully saturated rings. The Kier molecular flexibility index (Phi) is 7.98. The van der Waals surface area contributed by atoms with Gasteiger partial charge in [-0.1, -0.05) is 6.07 Å². The number of methoxy groups -OCH3 is 2. The first-order chi connectivity index (χ1) is 17.2. The molecular weight excluding hydrogens is 479 g/mol. The summed E-state index contributed by atoms with van der Waals surface area (Å²) >= 11 is 0. The molecular formula is C24H31FN2O9. The Balaban J connectivity index is 1.60. The van der Waals surface area contributed by atoms with E-state index in [0.717, 1.165) is 32.1 Å². The lowest BCUT2D eigenvalue weighted by Gasteiger charge is -2.39. The van der Waals surface area contributed by atoms with Crippen LogP contribution in [0.1, 0.15) is 42.1 Å². The van der Waals surface area contributed by atoms with E-state index in [1.807, 2.05) is 11.6 Å². The van der Waals surface area contributed by atoms with Gasteiger partial charge in [-0.25, -0.2) is 9.18 Å². The van der Waals surface area contributed by atoms with Gasteiger partial charge in [-0.3, -0.25) is 4.68 Å². The van der Waals surface area contributed by atoms with Crippen molar-refractivity contribution in [3.63, 3.8) is 0 Å². The van der Waals surface area contributed by atoms with Gasteiger partial charge in [-0.2, -0.15) is 0 Å². The SMILES string of the molecule is COC(=O)OCC1O[C@@H](Oc2nn(C3CCC3)c(C)c2Cc2ccc(OC)cc2F)[C@H](O)[C@@H](O)[C@@H]1O. The molecule has 2 heterocycles. The average Bonchev–Trinajstić information content (AvgIpc) is 3.12. The number of benzene rings is 1. The molecule has 36 heavy (non-hydrogen) atoms. The molecule has 1 aliphatic heterocycles. The molecule has 1 saturated carbocycles. The smallest absolute Gasteiger partial charge is 0.497 e. The molecule has 2 aliphatic rings. The number of aliphatic hydroxyl groups excluding tert-OH is 3. The fourth-order valence-corrected chi connectivity index (χ4v) is 4.27. The minimum absolute atomic E-state index is 0.106. The van der Waals surface area contributed by atoms with Crippen molar-refractivity contribution in [3.8, 4) is 11.6 Å². The highest BCUT2D eigenvalue weighted by Crippen LogP contribution is 2.37. The number of hydrogen-bond donors (Lipinski definition) is 3. The van der Waals surface area contributed by atoms with Crippen molar-refractivity contribution in [2.45, 2.75) is 69.4 Å². The molecule has 11 nitrogen and oxygen atoms in total. The second-order valence-electron chi connectivity index (χ2n) is 8.93. The maximum absolute atomic E-state index is 14.7. The number of rotatable bonds is 8. The minimum atomic E-state index is -1.65. The van der Waals surface area contributed by atoms with Crippen LogP contribution in [0.2, 0.25) is 0 Å². The van der Waals surface area contributed by atoms with E-state index in [1.165, 1.54) is 13.2 Å². The Hall–Kier alpha value is -2.93. The molecule has 0 spiro atoms. The number of carbonyl (C=O) groups is 1. The molecule has 1 aromatic carbocycles. The zero-order valence-electron chi connectivity index (χ0n) is 20.3. The third-order valence-electron chi connectivity index (χ3n) is 6.71. The number of carbonyl (C=O) groups excluding carboxylic acids is 1. The summed E-state index contributed by atoms with van der Waals surface area (Å²) in [4.78, 5) is 11.3. The lowest BCUT2D eigenvalue weighted by Crippen LogP contribution is -2.60. The molecule has 0 bridgehead atoms. The molecule has 1 aromatic heterocycles. The van der Waals surface area contributed by atoms with E-state index >= 15 is 0 Å². The van der Waals surface area contributed by atoms with Crippen LogP contribution in [0.5, 0.6) is 11.6 Å². The second-order valence-corrected chi connectivity index (χ2v) is 8.93. The van der Waals surface area contributed by atoms with Crippen molar-refractivity contribution < 1.29 is 48.2 Å². The van der Waals surface area contributed by atoms with Gasteiger partial charge in [0.2, 0.25) is 12.2 Å². The van der Waals surface area contributed by atoms with E-state index in [4.69, 9.17) is 18.9 Å². The van der Waals surface area contributed by atoms with Crippen molar-refractivity contribution >= 4 is 6.16 Å². The summed E-state index contributed by atoms with van der Waals surface area (Å²) in [6.07, 6.45) is -5.37. The Bertz CT molecular complexity index is 1070. The summed E-state index contributed by atoms with van der Waals surface area (Å²) in [5.74, 6) is 0.0413. The predicted octanol–water partition coefficient (Wildman–Crippen LogP) is 1.62. The molecule has 5 atom stereocenters. The molecule has 198 valence electrons. The van der Waals surface area contributed by atoms with Crippen molar-refractivity contribution in [3.05, 3.63) is 40.8 Å². The van der Waals surface area contributed by atoms with Crippen LogP contribution in [-0.4, -0.2) is 82.8 Å². The summed E-state index contributed by atoms with van der Waals surface area (Å²) in [7, 11) is 2.58. The highest BCUT2D eigenvalue weighted by molar-refractivity contribution is 5.59. The fourth-order valence-electron chi connectivity index (χ4n) is 4.27. The van der Waals surface area contributed by atoms with Crippen LogP contribution >= 0.6 is 0 Å². The molecule has 4 rings (SSSR count). The number of aliphatic hydroxyl groups is 3. The lowest BCUT2D eigenvalue weighted by atomic mass is 9.93. The van der Waals surface area contributed by atoms with Crippen molar-refractivity contribution in [1.29, 1.82) is 0 Å². The van der Waals surface area contributed by atoms with Gasteiger partial charge < -0.3 is 39.0 Å². The van der Waals surface area contributed by atoms with Gasteiger partial charge in [-0.05, 0) is 37.8 Å². The van der Waals surface area contributed by atoms with Crippen LogP contribution in [-0.2, 0) is 20.6 Å². The Labute approximate surface area is 207 Å². The summed E-state index contributed by atoms with van der Waals surface area (Å²) in [6.45, 7) is 1.41. The van der Waals surface area contributed by atoms with E-state index in [9.17, 15) is 24.5 Å². The standard InChI is InChI=1S/C24H31FN2O9/c1-12-16(9-13-7-8-15(32-2)10-17(13)25)22(26-27(12)14-5-4-6-14)36-23-21(30)20(29)19(28)18(35-23)11-34-24(31)33-3/h7-8,10,14,18-21,23,28-30H,4-6,9,11H2,1-3H3/t18?,19-,20+,21-,23+/m1/s1. The number of halogens is 1. The van der Waals surface area contributed by atoms with Gasteiger partial charge in [0.15, 0.2) is 0 Å². The van der Waals surface area contributed by atoms with E-state index < -0.39 is 49.3 Å². The highest BCUT2D eigenvalue weighted by Gasteiger charge is 2.46. The maximum atomic E-state index is 14.7. The van der Waals surface area contributed by atoms with Crippen molar-refractivity contribution in [1.82, 2.24) is 9.78 Å². The second kappa shape index (κ2) is 11.0. The number of nitrogens with zero attached hydrogens (tertiary/aromatic N) is 2. The Morgan fingerprint density at radius 2 is 1.94 bits per heavy atom. The zero-order chi connectivity index (χ0) is 26.0. The van der Waals surface area contributed by atoms with Crippen LogP contribution in [0.4, 0.5) is 9.18 Å². The van der Waals surface area contributed by atoms with Gasteiger partial charge >= 0.3 is 6.16 Å².